The number of nitrogens with zero attached hydrogens (tertiary/aromatic N) is 2. The number of hydrogen-bond acceptors (Lipinski definition) is 3. The largest absolute Gasteiger partial charge is 0.383 e. The molecule has 1 unspecified atom stereocenters. The van der Waals surface area contributed by atoms with Crippen molar-refractivity contribution in [3.63, 3.8) is 0 Å². The highest BCUT2D eigenvalue weighted by Gasteiger charge is 2.24. The maximum atomic E-state index is 13.6. The molecular formula is C31H43N3O3. The van der Waals surface area contributed by atoms with Crippen LogP contribution in [-0.4, -0.2) is 59.9 Å². The van der Waals surface area contributed by atoms with E-state index in [0.717, 1.165) is 23.9 Å². The molecule has 0 saturated heterocycles. The Morgan fingerprint density at radius 3 is 2.35 bits per heavy atom. The Labute approximate surface area is 222 Å². The lowest BCUT2D eigenvalue weighted by Gasteiger charge is -2.29. The van der Waals surface area contributed by atoms with Crippen LogP contribution in [0.25, 0.3) is 10.9 Å². The lowest BCUT2D eigenvalue weighted by Crippen LogP contribution is -2.45. The first-order chi connectivity index (χ1) is 17.7. The fourth-order valence-electron chi connectivity index (χ4n) is 4.99. The summed E-state index contributed by atoms with van der Waals surface area (Å²) in [5, 5.41) is 1.18. The summed E-state index contributed by atoms with van der Waals surface area (Å²) in [6.07, 6.45) is 4.15. The number of aromatic nitrogens is 1. The average molecular weight is 506 g/mol. The van der Waals surface area contributed by atoms with Gasteiger partial charge in [0.1, 0.15) is 0 Å². The minimum absolute atomic E-state index is 0.0124. The van der Waals surface area contributed by atoms with Crippen molar-refractivity contribution < 1.29 is 14.3 Å². The van der Waals surface area contributed by atoms with Crippen molar-refractivity contribution in [1.29, 1.82) is 0 Å². The number of carbonyl (C=O) groups excluding carboxylic acids is 2. The van der Waals surface area contributed by atoms with Gasteiger partial charge in [-0.25, -0.2) is 0 Å². The summed E-state index contributed by atoms with van der Waals surface area (Å²) in [5.41, 5.74) is 3.51. The van der Waals surface area contributed by atoms with Crippen LogP contribution in [0.3, 0.4) is 0 Å². The summed E-state index contributed by atoms with van der Waals surface area (Å²) in [6.45, 7) is 10.6. The van der Waals surface area contributed by atoms with E-state index in [-0.39, 0.29) is 29.7 Å². The van der Waals surface area contributed by atoms with Crippen LogP contribution in [0, 0.1) is 11.3 Å². The Morgan fingerprint density at radius 2 is 1.65 bits per heavy atom. The van der Waals surface area contributed by atoms with Gasteiger partial charge in [0, 0.05) is 50.3 Å². The lowest BCUT2D eigenvalue weighted by atomic mass is 9.84. The predicted octanol–water partition coefficient (Wildman–Crippen LogP) is 5.68. The monoisotopic (exact) mass is 505 g/mol. The molecule has 1 aromatic heterocycles. The first kappa shape index (κ1) is 28.5. The van der Waals surface area contributed by atoms with Crippen LogP contribution < -0.4 is 0 Å². The molecule has 0 saturated carbocycles. The molecule has 0 radical (unpaired) electrons. The van der Waals surface area contributed by atoms with Crippen LogP contribution in [0.1, 0.15) is 51.7 Å². The van der Waals surface area contributed by atoms with Gasteiger partial charge < -0.3 is 19.5 Å². The topological polar surface area (TPSA) is 65.6 Å². The van der Waals surface area contributed by atoms with Crippen molar-refractivity contribution in [3.8, 4) is 0 Å². The van der Waals surface area contributed by atoms with Crippen molar-refractivity contribution in [2.75, 3.05) is 33.4 Å². The van der Waals surface area contributed by atoms with Crippen LogP contribution in [0.5, 0.6) is 0 Å². The molecule has 0 aliphatic heterocycles. The second-order valence-corrected chi connectivity index (χ2v) is 11.3. The Bertz CT molecular complexity index is 1130. The number of methoxy groups -OCH3 is 1. The molecule has 2 aromatic carbocycles. The van der Waals surface area contributed by atoms with Crippen molar-refractivity contribution in [2.24, 2.45) is 11.3 Å². The zero-order valence-electron chi connectivity index (χ0n) is 23.1. The smallest absolute Gasteiger partial charge is 0.242 e. The normalized spacial score (nSPS) is 12.5. The highest BCUT2D eigenvalue weighted by Crippen LogP contribution is 2.26. The van der Waals surface area contributed by atoms with Gasteiger partial charge in [-0.2, -0.15) is 0 Å². The minimum atomic E-state index is -0.0448. The fourth-order valence-corrected chi connectivity index (χ4v) is 4.99. The molecule has 6 nitrogen and oxygen atoms in total. The number of benzene rings is 2. The molecule has 1 heterocycles. The summed E-state index contributed by atoms with van der Waals surface area (Å²) in [5.74, 6) is 0.213. The number of H-pyrrole nitrogens is 1. The maximum Gasteiger partial charge on any atom is 0.242 e. The van der Waals surface area contributed by atoms with Crippen LogP contribution in [-0.2, 0) is 27.3 Å². The zero-order chi connectivity index (χ0) is 26.8. The van der Waals surface area contributed by atoms with E-state index in [1.807, 2.05) is 53.6 Å². The average Bonchev–Trinajstić information content (AvgIpc) is 3.26. The number of hydrogen-bond donors (Lipinski definition) is 1. The van der Waals surface area contributed by atoms with Gasteiger partial charge in [0.15, 0.2) is 0 Å². The minimum Gasteiger partial charge on any atom is -0.383 e. The summed E-state index contributed by atoms with van der Waals surface area (Å²) in [7, 11) is 1.62. The number of aromatic amines is 1. The second-order valence-electron chi connectivity index (χ2n) is 11.3. The quantitative estimate of drug-likeness (QED) is 0.325. The van der Waals surface area contributed by atoms with E-state index >= 15 is 0 Å². The van der Waals surface area contributed by atoms with Gasteiger partial charge in [0.2, 0.25) is 11.8 Å². The van der Waals surface area contributed by atoms with Crippen molar-refractivity contribution in [3.05, 3.63) is 71.9 Å². The summed E-state index contributed by atoms with van der Waals surface area (Å²) in [4.78, 5) is 33.8. The summed E-state index contributed by atoms with van der Waals surface area (Å²) in [6, 6.07) is 18.2. The van der Waals surface area contributed by atoms with E-state index in [4.69, 9.17) is 4.74 Å². The molecule has 1 N–H and O–H groups in total. The van der Waals surface area contributed by atoms with E-state index < -0.39 is 0 Å². The molecule has 0 aliphatic rings. The van der Waals surface area contributed by atoms with Crippen LogP contribution in [0.15, 0.2) is 60.8 Å². The van der Waals surface area contributed by atoms with E-state index in [0.29, 0.717) is 32.7 Å². The summed E-state index contributed by atoms with van der Waals surface area (Å²) < 4.78 is 5.26. The molecule has 3 rings (SSSR count). The van der Waals surface area contributed by atoms with Gasteiger partial charge in [-0.3, -0.25) is 9.59 Å². The van der Waals surface area contributed by atoms with Crippen LogP contribution in [0.4, 0.5) is 0 Å². The van der Waals surface area contributed by atoms with Gasteiger partial charge >= 0.3 is 0 Å². The van der Waals surface area contributed by atoms with Crippen LogP contribution >= 0.6 is 0 Å². The molecule has 37 heavy (non-hydrogen) atoms. The highest BCUT2D eigenvalue weighted by molar-refractivity contribution is 5.85. The van der Waals surface area contributed by atoms with Crippen LogP contribution in [0.2, 0.25) is 0 Å². The zero-order valence-corrected chi connectivity index (χ0v) is 23.1. The first-order valence-corrected chi connectivity index (χ1v) is 13.3. The SMILES string of the molecule is COCCN(CC(=O)N(CCc1c[nH]c2ccccc12)Cc1ccccc1)C(=O)CC(C)CC(C)(C)C. The number of rotatable bonds is 13. The number of nitrogens with one attached hydrogen (secondary N) is 1. The molecule has 200 valence electrons. The second kappa shape index (κ2) is 13.4. The standard InChI is InChI=1S/C31H43N3O3/c1-24(20-31(2,3)4)19-29(35)34(17-18-37-5)23-30(36)33(22-25-11-7-6-8-12-25)16-15-26-21-32-28-14-10-9-13-27(26)28/h6-14,21,24,32H,15-20,22-23H2,1-5H3. The third-order valence-corrected chi connectivity index (χ3v) is 6.62. The third kappa shape index (κ3) is 9.04. The maximum absolute atomic E-state index is 13.6. The Hall–Kier alpha value is -3.12. The van der Waals surface area contributed by atoms with Gasteiger partial charge in [-0.15, -0.1) is 0 Å². The van der Waals surface area contributed by atoms with E-state index in [1.54, 1.807) is 12.0 Å². The third-order valence-electron chi connectivity index (χ3n) is 6.62. The molecular weight excluding hydrogens is 462 g/mol. The molecule has 2 amide bonds. The molecule has 1 atom stereocenters. The molecule has 0 bridgehead atoms. The number of amides is 2. The van der Waals surface area contributed by atoms with Gasteiger partial charge in [0.25, 0.3) is 0 Å². The number of fused-ring (bicyclic) bond motifs is 1. The Kier molecular flexibility index (Phi) is 10.3. The van der Waals surface area contributed by atoms with E-state index in [2.05, 4.69) is 44.8 Å². The summed E-state index contributed by atoms with van der Waals surface area (Å²) >= 11 is 0. The van der Waals surface area contributed by atoms with Gasteiger partial charge in [-0.05, 0) is 41.4 Å². The van der Waals surface area contributed by atoms with Gasteiger partial charge in [-0.1, -0.05) is 76.2 Å². The van der Waals surface area contributed by atoms with Crippen molar-refractivity contribution in [2.45, 2.75) is 53.5 Å². The molecule has 3 aromatic rings. The molecule has 6 heteroatoms. The molecule has 0 aliphatic carbocycles. The number of carbonyl (C=O) groups is 2. The highest BCUT2D eigenvalue weighted by atomic mass is 16.5. The fraction of sp³-hybridized carbons (Fsp3) is 0.484. The lowest BCUT2D eigenvalue weighted by molar-refractivity contribution is -0.142. The Morgan fingerprint density at radius 1 is 0.946 bits per heavy atom. The van der Waals surface area contributed by atoms with Crippen molar-refractivity contribution >= 4 is 22.7 Å². The first-order valence-electron chi connectivity index (χ1n) is 13.3. The van der Waals surface area contributed by atoms with Crippen molar-refractivity contribution in [1.82, 2.24) is 14.8 Å². The number of para-hydroxylation sites is 1. The molecule has 0 fully saturated rings. The Balaban J connectivity index is 1.73. The predicted molar refractivity (Wildman–Crippen MR) is 150 cm³/mol. The van der Waals surface area contributed by atoms with Gasteiger partial charge in [0.05, 0.1) is 13.2 Å². The van der Waals surface area contributed by atoms with E-state index in [9.17, 15) is 9.59 Å². The van der Waals surface area contributed by atoms with E-state index in [1.165, 1.54) is 10.9 Å². The number of ether oxygens (including phenoxy) is 1. The molecule has 0 spiro atoms.